The maximum Gasteiger partial charge on any atom is 0.411 e. The molecule has 0 heterocycles. The first-order valence-corrected chi connectivity index (χ1v) is 5.56. The molecule has 0 bridgehead atoms. The van der Waals surface area contributed by atoms with Crippen LogP contribution in [0.1, 0.15) is 26.2 Å². The number of carbonyl (C=O) groups is 2. The minimum absolute atomic E-state index is 0.261. The normalized spacial score (nSPS) is 13.2. The number of ketones is 1. The van der Waals surface area contributed by atoms with Gasteiger partial charge in [-0.3, -0.25) is 9.59 Å². The highest BCUT2D eigenvalue weighted by Crippen LogP contribution is 2.16. The summed E-state index contributed by atoms with van der Waals surface area (Å²) in [6.45, 7) is -0.359. The van der Waals surface area contributed by atoms with Crippen molar-refractivity contribution in [2.45, 2.75) is 32.4 Å². The van der Waals surface area contributed by atoms with Crippen LogP contribution in [0.25, 0.3) is 0 Å². The standard InChI is InChI=1S/C11H17F3O4/c1-3-4-5-8(10(16)17-2)9(15)6-18-7-11(12,13)14/h8H,3-7H2,1-2H3. The summed E-state index contributed by atoms with van der Waals surface area (Å²) in [6, 6.07) is 0. The number of esters is 1. The largest absolute Gasteiger partial charge is 0.468 e. The van der Waals surface area contributed by atoms with Crippen molar-refractivity contribution in [3.8, 4) is 0 Å². The van der Waals surface area contributed by atoms with Gasteiger partial charge in [0.15, 0.2) is 5.78 Å². The van der Waals surface area contributed by atoms with Crippen LogP contribution in [0, 0.1) is 5.92 Å². The van der Waals surface area contributed by atoms with E-state index in [9.17, 15) is 22.8 Å². The highest BCUT2D eigenvalue weighted by atomic mass is 19.4. The monoisotopic (exact) mass is 270 g/mol. The molecule has 0 amide bonds. The zero-order valence-electron chi connectivity index (χ0n) is 10.4. The second kappa shape index (κ2) is 8.07. The van der Waals surface area contributed by atoms with Gasteiger partial charge in [-0.1, -0.05) is 19.8 Å². The summed E-state index contributed by atoms with van der Waals surface area (Å²) in [5.74, 6) is -2.45. The number of hydrogen-bond donors (Lipinski definition) is 0. The minimum Gasteiger partial charge on any atom is -0.468 e. The lowest BCUT2D eigenvalue weighted by Gasteiger charge is -2.13. The molecule has 18 heavy (non-hydrogen) atoms. The molecule has 0 aliphatic rings. The molecule has 0 aliphatic heterocycles. The molecule has 0 aromatic rings. The predicted octanol–water partition coefficient (Wildman–Crippen LogP) is 2.11. The van der Waals surface area contributed by atoms with E-state index in [0.717, 1.165) is 13.5 Å². The number of alkyl halides is 3. The van der Waals surface area contributed by atoms with Crippen LogP contribution in [0.15, 0.2) is 0 Å². The summed E-state index contributed by atoms with van der Waals surface area (Å²) >= 11 is 0. The van der Waals surface area contributed by atoms with Gasteiger partial charge in [0.05, 0.1) is 7.11 Å². The summed E-state index contributed by atoms with van der Waals surface area (Å²) in [5.41, 5.74) is 0. The summed E-state index contributed by atoms with van der Waals surface area (Å²) in [4.78, 5) is 22.8. The van der Waals surface area contributed by atoms with E-state index in [1.54, 1.807) is 0 Å². The van der Waals surface area contributed by atoms with Crippen LogP contribution in [0.3, 0.4) is 0 Å². The Bertz CT molecular complexity index is 276. The number of hydrogen-bond acceptors (Lipinski definition) is 4. The predicted molar refractivity (Wildman–Crippen MR) is 56.9 cm³/mol. The Morgan fingerprint density at radius 1 is 1.28 bits per heavy atom. The molecule has 0 saturated carbocycles. The number of Topliss-reactive ketones (excluding diaryl/α,β-unsaturated/α-hetero) is 1. The van der Waals surface area contributed by atoms with Gasteiger partial charge in [-0.25, -0.2) is 0 Å². The van der Waals surface area contributed by atoms with Crippen LogP contribution in [0.4, 0.5) is 13.2 Å². The number of rotatable bonds is 8. The third-order valence-corrected chi connectivity index (χ3v) is 2.23. The van der Waals surface area contributed by atoms with Gasteiger partial charge >= 0.3 is 12.1 Å². The number of ether oxygens (including phenoxy) is 2. The molecule has 0 rings (SSSR count). The van der Waals surface area contributed by atoms with E-state index in [1.165, 1.54) is 0 Å². The van der Waals surface area contributed by atoms with Crippen molar-refractivity contribution in [2.75, 3.05) is 20.3 Å². The van der Waals surface area contributed by atoms with Gasteiger partial charge in [0.2, 0.25) is 0 Å². The molecule has 0 saturated heterocycles. The van der Waals surface area contributed by atoms with Gasteiger partial charge < -0.3 is 9.47 Å². The van der Waals surface area contributed by atoms with E-state index in [0.29, 0.717) is 6.42 Å². The van der Waals surface area contributed by atoms with E-state index < -0.39 is 37.1 Å². The van der Waals surface area contributed by atoms with Crippen molar-refractivity contribution in [3.05, 3.63) is 0 Å². The molecule has 7 heteroatoms. The number of methoxy groups -OCH3 is 1. The van der Waals surface area contributed by atoms with Crippen LogP contribution < -0.4 is 0 Å². The molecule has 0 aliphatic carbocycles. The topological polar surface area (TPSA) is 52.6 Å². The molecule has 0 spiro atoms. The van der Waals surface area contributed by atoms with E-state index in [1.807, 2.05) is 6.92 Å². The SMILES string of the molecule is CCCCC(C(=O)COCC(F)(F)F)C(=O)OC. The van der Waals surface area contributed by atoms with Gasteiger partial charge in [0, 0.05) is 0 Å². The van der Waals surface area contributed by atoms with Crippen LogP contribution >= 0.6 is 0 Å². The summed E-state index contributed by atoms with van der Waals surface area (Å²) in [6.07, 6.45) is -2.84. The summed E-state index contributed by atoms with van der Waals surface area (Å²) in [7, 11) is 1.13. The second-order valence-electron chi connectivity index (χ2n) is 3.79. The van der Waals surface area contributed by atoms with Crippen molar-refractivity contribution in [3.63, 3.8) is 0 Å². The number of halogens is 3. The van der Waals surface area contributed by atoms with Gasteiger partial charge in [0.25, 0.3) is 0 Å². The van der Waals surface area contributed by atoms with Gasteiger partial charge in [-0.15, -0.1) is 0 Å². The maximum atomic E-state index is 11.8. The van der Waals surface area contributed by atoms with Gasteiger partial charge in [-0.05, 0) is 6.42 Å². The third-order valence-electron chi connectivity index (χ3n) is 2.23. The lowest BCUT2D eigenvalue weighted by atomic mass is 9.98. The average Bonchev–Trinajstić information content (AvgIpc) is 2.27. The van der Waals surface area contributed by atoms with Crippen LogP contribution in [-0.4, -0.2) is 38.3 Å². The highest BCUT2D eigenvalue weighted by molar-refractivity contribution is 5.99. The fourth-order valence-corrected chi connectivity index (χ4v) is 1.33. The molecule has 4 nitrogen and oxygen atoms in total. The van der Waals surface area contributed by atoms with Crippen molar-refractivity contribution in [2.24, 2.45) is 5.92 Å². The first-order valence-electron chi connectivity index (χ1n) is 5.56. The lowest BCUT2D eigenvalue weighted by Crippen LogP contribution is -2.30. The van der Waals surface area contributed by atoms with E-state index in [4.69, 9.17) is 0 Å². The fourth-order valence-electron chi connectivity index (χ4n) is 1.33. The van der Waals surface area contributed by atoms with E-state index in [-0.39, 0.29) is 6.42 Å². The van der Waals surface area contributed by atoms with E-state index in [2.05, 4.69) is 9.47 Å². The van der Waals surface area contributed by atoms with Gasteiger partial charge in [-0.2, -0.15) is 13.2 Å². The summed E-state index contributed by atoms with van der Waals surface area (Å²) < 4.78 is 44.1. The Hall–Kier alpha value is -1.11. The highest BCUT2D eigenvalue weighted by Gasteiger charge is 2.30. The Morgan fingerprint density at radius 2 is 1.89 bits per heavy atom. The smallest absolute Gasteiger partial charge is 0.411 e. The van der Waals surface area contributed by atoms with Crippen molar-refractivity contribution in [1.82, 2.24) is 0 Å². The average molecular weight is 270 g/mol. The first-order chi connectivity index (χ1) is 8.31. The Labute approximate surface area is 103 Å². The quantitative estimate of drug-likeness (QED) is 0.500. The van der Waals surface area contributed by atoms with Gasteiger partial charge in [0.1, 0.15) is 19.1 Å². The number of carbonyl (C=O) groups excluding carboxylic acids is 2. The molecule has 0 N–H and O–H groups in total. The fraction of sp³-hybridized carbons (Fsp3) is 0.818. The summed E-state index contributed by atoms with van der Waals surface area (Å²) in [5, 5.41) is 0. The van der Waals surface area contributed by atoms with Crippen LogP contribution in [0.2, 0.25) is 0 Å². The maximum absolute atomic E-state index is 11.8. The van der Waals surface area contributed by atoms with Crippen molar-refractivity contribution >= 4 is 11.8 Å². The van der Waals surface area contributed by atoms with E-state index >= 15 is 0 Å². The zero-order chi connectivity index (χ0) is 14.2. The number of unbranched alkanes of at least 4 members (excludes halogenated alkanes) is 1. The Morgan fingerprint density at radius 3 is 2.33 bits per heavy atom. The second-order valence-corrected chi connectivity index (χ2v) is 3.79. The molecule has 0 aromatic heterocycles. The van der Waals surface area contributed by atoms with Crippen molar-refractivity contribution in [1.29, 1.82) is 0 Å². The Kier molecular flexibility index (Phi) is 7.58. The molecular weight excluding hydrogens is 253 g/mol. The Balaban J connectivity index is 4.25. The molecule has 0 aromatic carbocycles. The van der Waals surface area contributed by atoms with Crippen LogP contribution in [0.5, 0.6) is 0 Å². The first kappa shape index (κ1) is 16.9. The van der Waals surface area contributed by atoms with Crippen molar-refractivity contribution < 1.29 is 32.2 Å². The molecule has 106 valence electrons. The zero-order valence-corrected chi connectivity index (χ0v) is 10.4. The molecule has 1 atom stereocenters. The molecule has 0 fully saturated rings. The van der Waals surface area contributed by atoms with Crippen LogP contribution in [-0.2, 0) is 19.1 Å². The third kappa shape index (κ3) is 7.26. The molecule has 0 radical (unpaired) electrons. The molecular formula is C11H17F3O4. The minimum atomic E-state index is -4.48. The lowest BCUT2D eigenvalue weighted by molar-refractivity contribution is -0.176. The molecule has 1 unspecified atom stereocenters.